The molecule has 0 radical (unpaired) electrons. The molecule has 0 bridgehead atoms. The second kappa shape index (κ2) is 4.58. The van der Waals surface area contributed by atoms with Crippen LogP contribution in [0.2, 0.25) is 0 Å². The lowest BCUT2D eigenvalue weighted by molar-refractivity contribution is 0.172. The van der Waals surface area contributed by atoms with Crippen molar-refractivity contribution in [3.05, 3.63) is 0 Å². The quantitative estimate of drug-likeness (QED) is 0.752. The summed E-state index contributed by atoms with van der Waals surface area (Å²) < 4.78 is 0. The molecule has 0 spiro atoms. The number of halogens is 1. The lowest BCUT2D eigenvalue weighted by Crippen LogP contribution is -2.48. The molecule has 72 valence electrons. The maximum absolute atomic E-state index is 6.03. The van der Waals surface area contributed by atoms with Crippen molar-refractivity contribution >= 4 is 15.9 Å². The van der Waals surface area contributed by atoms with Gasteiger partial charge in [-0.2, -0.15) is 0 Å². The molecule has 1 rings (SSSR count). The van der Waals surface area contributed by atoms with E-state index in [-0.39, 0.29) is 5.54 Å². The molecule has 12 heavy (non-hydrogen) atoms. The van der Waals surface area contributed by atoms with Crippen LogP contribution in [0, 0.1) is 0 Å². The van der Waals surface area contributed by atoms with Crippen LogP contribution in [-0.2, 0) is 0 Å². The molecule has 2 nitrogen and oxygen atoms in total. The fourth-order valence-electron chi connectivity index (χ4n) is 1.57. The first-order valence-corrected chi connectivity index (χ1v) is 5.83. The van der Waals surface area contributed by atoms with Crippen molar-refractivity contribution in [2.75, 3.05) is 25.0 Å². The Morgan fingerprint density at radius 3 is 2.50 bits per heavy atom. The summed E-state index contributed by atoms with van der Waals surface area (Å²) in [6, 6.07) is 0. The van der Waals surface area contributed by atoms with Crippen LogP contribution in [0.25, 0.3) is 0 Å². The predicted octanol–water partition coefficient (Wildman–Crippen LogP) is 1.58. The summed E-state index contributed by atoms with van der Waals surface area (Å²) in [6.45, 7) is 5.75. The van der Waals surface area contributed by atoms with Gasteiger partial charge in [0.25, 0.3) is 0 Å². The highest BCUT2D eigenvalue weighted by Gasteiger charge is 2.24. The second-order valence-corrected chi connectivity index (χ2v) is 4.83. The molecule has 0 atom stereocenters. The largest absolute Gasteiger partial charge is 0.325 e. The minimum atomic E-state index is 0.102. The molecule has 1 aliphatic rings. The highest BCUT2D eigenvalue weighted by molar-refractivity contribution is 9.09. The van der Waals surface area contributed by atoms with Gasteiger partial charge in [0.2, 0.25) is 0 Å². The lowest BCUT2D eigenvalue weighted by Gasteiger charge is -2.36. The molecular weight excluding hydrogens is 216 g/mol. The van der Waals surface area contributed by atoms with Crippen LogP contribution in [0.1, 0.15) is 26.2 Å². The Bertz CT molecular complexity index is 126. The van der Waals surface area contributed by atoms with Gasteiger partial charge in [-0.25, -0.2) is 0 Å². The number of hydrogen-bond acceptors (Lipinski definition) is 2. The zero-order valence-corrected chi connectivity index (χ0v) is 9.44. The van der Waals surface area contributed by atoms with E-state index < -0.39 is 0 Å². The van der Waals surface area contributed by atoms with Gasteiger partial charge in [0.05, 0.1) is 0 Å². The fraction of sp³-hybridized carbons (Fsp3) is 1.00. The van der Waals surface area contributed by atoms with Crippen molar-refractivity contribution in [3.63, 3.8) is 0 Å². The Hall–Kier alpha value is 0.400. The van der Waals surface area contributed by atoms with E-state index >= 15 is 0 Å². The Morgan fingerprint density at radius 2 is 2.00 bits per heavy atom. The van der Waals surface area contributed by atoms with E-state index in [4.69, 9.17) is 5.73 Å². The number of nitrogens with two attached hydrogens (primary N) is 1. The van der Waals surface area contributed by atoms with Crippen molar-refractivity contribution in [1.82, 2.24) is 4.90 Å². The first-order valence-electron chi connectivity index (χ1n) is 4.71. The van der Waals surface area contributed by atoms with Crippen LogP contribution >= 0.6 is 15.9 Å². The highest BCUT2D eigenvalue weighted by Crippen LogP contribution is 2.18. The van der Waals surface area contributed by atoms with Crippen LogP contribution in [-0.4, -0.2) is 35.4 Å². The molecule has 1 saturated heterocycles. The van der Waals surface area contributed by atoms with Gasteiger partial charge in [-0.3, -0.25) is 0 Å². The second-order valence-electron chi connectivity index (χ2n) is 4.04. The van der Waals surface area contributed by atoms with E-state index in [9.17, 15) is 0 Å². The standard InChI is InChI=1S/C9H19BrN2/c1-9(11)3-7-12(8-4-9)6-2-5-10/h2-8,11H2,1H3. The first-order chi connectivity index (χ1) is 5.64. The molecule has 0 aromatic heterocycles. The number of rotatable bonds is 3. The molecule has 0 aliphatic carbocycles. The van der Waals surface area contributed by atoms with Crippen LogP contribution < -0.4 is 5.73 Å². The van der Waals surface area contributed by atoms with Crippen molar-refractivity contribution in [2.45, 2.75) is 31.7 Å². The maximum atomic E-state index is 6.03. The predicted molar refractivity (Wildman–Crippen MR) is 56.7 cm³/mol. The fourth-order valence-corrected chi connectivity index (χ4v) is 1.82. The van der Waals surface area contributed by atoms with Crippen molar-refractivity contribution in [3.8, 4) is 0 Å². The van der Waals surface area contributed by atoms with E-state index in [1.165, 1.54) is 26.1 Å². The summed E-state index contributed by atoms with van der Waals surface area (Å²) in [4.78, 5) is 2.51. The minimum Gasteiger partial charge on any atom is -0.325 e. The SMILES string of the molecule is CC1(N)CCN(CCCBr)CC1. The molecule has 0 amide bonds. The number of hydrogen-bond donors (Lipinski definition) is 1. The van der Waals surface area contributed by atoms with E-state index in [0.29, 0.717) is 0 Å². The summed E-state index contributed by atoms with van der Waals surface area (Å²) in [7, 11) is 0. The van der Waals surface area contributed by atoms with Gasteiger partial charge < -0.3 is 10.6 Å². The number of piperidine rings is 1. The Kier molecular flexibility index (Phi) is 4.00. The van der Waals surface area contributed by atoms with E-state index in [2.05, 4.69) is 27.8 Å². The molecule has 0 saturated carbocycles. The van der Waals surface area contributed by atoms with Gasteiger partial charge in [-0.15, -0.1) is 0 Å². The number of likely N-dealkylation sites (tertiary alicyclic amines) is 1. The zero-order chi connectivity index (χ0) is 9.03. The molecule has 2 N–H and O–H groups in total. The summed E-state index contributed by atoms with van der Waals surface area (Å²) in [5.41, 5.74) is 6.13. The molecule has 0 unspecified atom stereocenters. The van der Waals surface area contributed by atoms with E-state index in [1.807, 2.05) is 0 Å². The van der Waals surface area contributed by atoms with Crippen LogP contribution in [0.3, 0.4) is 0 Å². The van der Waals surface area contributed by atoms with Crippen LogP contribution in [0.5, 0.6) is 0 Å². The maximum Gasteiger partial charge on any atom is 0.0150 e. The number of alkyl halides is 1. The van der Waals surface area contributed by atoms with Crippen molar-refractivity contribution in [1.29, 1.82) is 0 Å². The zero-order valence-electron chi connectivity index (χ0n) is 7.85. The summed E-state index contributed by atoms with van der Waals surface area (Å²) in [5.74, 6) is 0. The van der Waals surface area contributed by atoms with Gasteiger partial charge >= 0.3 is 0 Å². The van der Waals surface area contributed by atoms with Gasteiger partial charge in [0.1, 0.15) is 0 Å². The van der Waals surface area contributed by atoms with Gasteiger partial charge in [-0.1, -0.05) is 15.9 Å². The molecule has 0 aromatic carbocycles. The Morgan fingerprint density at radius 1 is 1.42 bits per heavy atom. The highest BCUT2D eigenvalue weighted by atomic mass is 79.9. The summed E-state index contributed by atoms with van der Waals surface area (Å²) >= 11 is 3.45. The minimum absolute atomic E-state index is 0.102. The molecule has 1 aliphatic heterocycles. The monoisotopic (exact) mass is 234 g/mol. The molecule has 1 heterocycles. The van der Waals surface area contributed by atoms with Crippen LogP contribution in [0.4, 0.5) is 0 Å². The Labute approximate surface area is 83.6 Å². The average molecular weight is 235 g/mol. The Balaban J connectivity index is 2.18. The third-order valence-corrected chi connectivity index (χ3v) is 3.17. The normalized spacial score (nSPS) is 24.2. The van der Waals surface area contributed by atoms with Crippen molar-refractivity contribution in [2.24, 2.45) is 5.73 Å². The first kappa shape index (κ1) is 10.5. The van der Waals surface area contributed by atoms with Gasteiger partial charge in [0.15, 0.2) is 0 Å². The lowest BCUT2D eigenvalue weighted by atomic mass is 9.91. The van der Waals surface area contributed by atoms with E-state index in [1.54, 1.807) is 0 Å². The molecule has 0 aromatic rings. The van der Waals surface area contributed by atoms with E-state index in [0.717, 1.165) is 18.2 Å². The molecular formula is C9H19BrN2. The molecule has 1 fully saturated rings. The summed E-state index contributed by atoms with van der Waals surface area (Å²) in [6.07, 6.45) is 3.55. The number of nitrogens with zero attached hydrogens (tertiary/aromatic N) is 1. The van der Waals surface area contributed by atoms with Gasteiger partial charge in [0, 0.05) is 10.9 Å². The smallest absolute Gasteiger partial charge is 0.0150 e. The molecule has 3 heteroatoms. The van der Waals surface area contributed by atoms with Crippen LogP contribution in [0.15, 0.2) is 0 Å². The topological polar surface area (TPSA) is 29.3 Å². The summed E-state index contributed by atoms with van der Waals surface area (Å²) in [5, 5.41) is 1.11. The van der Waals surface area contributed by atoms with Crippen molar-refractivity contribution < 1.29 is 0 Å². The third-order valence-electron chi connectivity index (χ3n) is 2.61. The third kappa shape index (κ3) is 3.42. The average Bonchev–Trinajstić information content (AvgIpc) is 2.03. The van der Waals surface area contributed by atoms with Gasteiger partial charge in [-0.05, 0) is 45.8 Å².